The first-order chi connectivity index (χ1) is 10.8. The number of carbonyl (C=O) groups excluding carboxylic acids is 2. The number of nitrogens with zero attached hydrogens (tertiary/aromatic N) is 2. The second kappa shape index (κ2) is 8.47. The molecule has 0 spiro atoms. The summed E-state index contributed by atoms with van der Waals surface area (Å²) < 4.78 is 4.57. The van der Waals surface area contributed by atoms with Crippen LogP contribution in [-0.2, 0) is 9.53 Å². The van der Waals surface area contributed by atoms with Gasteiger partial charge in [-0.15, -0.1) is 0 Å². The van der Waals surface area contributed by atoms with E-state index in [2.05, 4.69) is 4.74 Å². The molecule has 0 N–H and O–H groups in total. The molecule has 0 aliphatic rings. The molecule has 23 heavy (non-hydrogen) atoms. The van der Waals surface area contributed by atoms with Crippen LogP contribution in [0.4, 0.5) is 5.69 Å². The van der Waals surface area contributed by atoms with Gasteiger partial charge in [-0.2, -0.15) is 0 Å². The molecule has 1 aromatic carbocycles. The third kappa shape index (κ3) is 5.52. The average Bonchev–Trinajstić information content (AvgIpc) is 2.49. The van der Waals surface area contributed by atoms with Crippen molar-refractivity contribution in [3.05, 3.63) is 38.9 Å². The van der Waals surface area contributed by atoms with E-state index in [1.54, 1.807) is 0 Å². The molecule has 126 valence electrons. The number of halogens is 1. The van der Waals surface area contributed by atoms with Crippen molar-refractivity contribution in [2.24, 2.45) is 5.92 Å². The first-order valence-corrected chi connectivity index (χ1v) is 7.44. The van der Waals surface area contributed by atoms with Crippen LogP contribution in [0.5, 0.6) is 0 Å². The number of hydrogen-bond acceptors (Lipinski definition) is 5. The number of esters is 1. The Balaban J connectivity index is 3.08. The summed E-state index contributed by atoms with van der Waals surface area (Å²) in [5, 5.41) is 11.3. The molecule has 0 radical (unpaired) electrons. The number of ether oxygens (including phenoxy) is 1. The van der Waals surface area contributed by atoms with E-state index in [0.29, 0.717) is 6.54 Å². The summed E-state index contributed by atoms with van der Waals surface area (Å²) in [7, 11) is 1.26. The van der Waals surface area contributed by atoms with Gasteiger partial charge >= 0.3 is 5.97 Å². The molecular formula is C15H19ClN2O5. The van der Waals surface area contributed by atoms with Gasteiger partial charge in [0.2, 0.25) is 0 Å². The van der Waals surface area contributed by atoms with E-state index in [9.17, 15) is 19.7 Å². The Morgan fingerprint density at radius 2 is 2.04 bits per heavy atom. The van der Waals surface area contributed by atoms with Gasteiger partial charge in [-0.1, -0.05) is 25.4 Å². The Morgan fingerprint density at radius 3 is 2.57 bits per heavy atom. The second-order valence-electron chi connectivity index (χ2n) is 5.39. The average molecular weight is 343 g/mol. The van der Waals surface area contributed by atoms with Crippen LogP contribution in [0.1, 0.15) is 30.6 Å². The number of hydrogen-bond donors (Lipinski definition) is 0. The fraction of sp³-hybridized carbons (Fsp3) is 0.467. The van der Waals surface area contributed by atoms with Crippen LogP contribution in [0, 0.1) is 16.0 Å². The van der Waals surface area contributed by atoms with Crippen molar-refractivity contribution >= 4 is 29.2 Å². The van der Waals surface area contributed by atoms with E-state index in [-0.39, 0.29) is 35.2 Å². The van der Waals surface area contributed by atoms with Gasteiger partial charge in [0, 0.05) is 24.2 Å². The van der Waals surface area contributed by atoms with Crippen LogP contribution in [-0.4, -0.2) is 41.9 Å². The molecule has 7 nitrogen and oxygen atoms in total. The lowest BCUT2D eigenvalue weighted by atomic mass is 10.1. The Hall–Kier alpha value is -2.15. The molecule has 8 heteroatoms. The van der Waals surface area contributed by atoms with Crippen molar-refractivity contribution in [3.63, 3.8) is 0 Å². The molecular weight excluding hydrogens is 324 g/mol. The summed E-state index contributed by atoms with van der Waals surface area (Å²) in [5.74, 6) is -0.814. The highest BCUT2D eigenvalue weighted by molar-refractivity contribution is 6.31. The zero-order valence-corrected chi connectivity index (χ0v) is 14.0. The van der Waals surface area contributed by atoms with Crippen LogP contribution in [0.25, 0.3) is 0 Å². The highest BCUT2D eigenvalue weighted by atomic mass is 35.5. The highest BCUT2D eigenvalue weighted by Crippen LogP contribution is 2.25. The predicted molar refractivity (Wildman–Crippen MR) is 85.5 cm³/mol. The maximum atomic E-state index is 12.6. The van der Waals surface area contributed by atoms with Crippen molar-refractivity contribution in [1.29, 1.82) is 0 Å². The number of amides is 1. The van der Waals surface area contributed by atoms with Gasteiger partial charge in [0.25, 0.3) is 11.6 Å². The van der Waals surface area contributed by atoms with Crippen LogP contribution in [0.2, 0.25) is 5.02 Å². The molecule has 0 fully saturated rings. The summed E-state index contributed by atoms with van der Waals surface area (Å²) >= 11 is 5.76. The number of benzene rings is 1. The first kappa shape index (κ1) is 18.9. The summed E-state index contributed by atoms with van der Waals surface area (Å²) in [6.45, 7) is 4.32. The second-order valence-corrected chi connectivity index (χ2v) is 5.83. The minimum absolute atomic E-state index is 0.0242. The van der Waals surface area contributed by atoms with Gasteiger partial charge < -0.3 is 9.64 Å². The summed E-state index contributed by atoms with van der Waals surface area (Å²) in [5.41, 5.74) is -0.403. The van der Waals surface area contributed by atoms with Crippen molar-refractivity contribution in [2.45, 2.75) is 20.3 Å². The molecule has 0 saturated carbocycles. The fourth-order valence-corrected chi connectivity index (χ4v) is 2.22. The van der Waals surface area contributed by atoms with Crippen LogP contribution < -0.4 is 0 Å². The molecule has 0 aliphatic heterocycles. The van der Waals surface area contributed by atoms with Gasteiger partial charge in [0.1, 0.15) is 5.56 Å². The van der Waals surface area contributed by atoms with Crippen LogP contribution in [0.15, 0.2) is 18.2 Å². The lowest BCUT2D eigenvalue weighted by molar-refractivity contribution is -0.385. The Morgan fingerprint density at radius 1 is 1.39 bits per heavy atom. The lowest BCUT2D eigenvalue weighted by Gasteiger charge is -2.24. The van der Waals surface area contributed by atoms with E-state index in [1.165, 1.54) is 24.1 Å². The van der Waals surface area contributed by atoms with E-state index < -0.39 is 16.8 Å². The van der Waals surface area contributed by atoms with Gasteiger partial charge in [-0.3, -0.25) is 19.7 Å². The number of nitro groups is 1. The normalized spacial score (nSPS) is 10.5. The molecule has 1 aromatic rings. The zero-order valence-electron chi connectivity index (χ0n) is 13.2. The number of rotatable bonds is 7. The first-order valence-electron chi connectivity index (χ1n) is 7.06. The lowest BCUT2D eigenvalue weighted by Crippen LogP contribution is -2.36. The van der Waals surface area contributed by atoms with Crippen molar-refractivity contribution in [3.8, 4) is 0 Å². The number of methoxy groups -OCH3 is 1. The monoisotopic (exact) mass is 342 g/mol. The standard InChI is InChI=1S/C15H19ClN2O5/c1-10(2)9-17(7-6-14(19)23-3)15(20)12-5-4-11(16)8-13(12)18(21)22/h4-5,8,10H,6-7,9H2,1-3H3. The largest absolute Gasteiger partial charge is 0.469 e. The molecule has 0 bridgehead atoms. The molecule has 0 atom stereocenters. The third-order valence-electron chi connectivity index (χ3n) is 3.07. The predicted octanol–water partition coefficient (Wildman–Crippen LogP) is 2.91. The smallest absolute Gasteiger partial charge is 0.307 e. The van der Waals surface area contributed by atoms with Crippen LogP contribution in [0.3, 0.4) is 0 Å². The molecule has 0 unspecified atom stereocenters. The summed E-state index contributed by atoms with van der Waals surface area (Å²) in [6.07, 6.45) is 0.0242. The Kier molecular flexibility index (Phi) is 6.96. The van der Waals surface area contributed by atoms with Gasteiger partial charge in [-0.05, 0) is 18.1 Å². The Bertz CT molecular complexity index is 604. The van der Waals surface area contributed by atoms with Gasteiger partial charge in [0.15, 0.2) is 0 Å². The van der Waals surface area contributed by atoms with Crippen molar-refractivity contribution in [1.82, 2.24) is 4.90 Å². The van der Waals surface area contributed by atoms with Gasteiger partial charge in [0.05, 0.1) is 18.5 Å². The molecule has 0 aliphatic carbocycles. The van der Waals surface area contributed by atoms with Crippen molar-refractivity contribution < 1.29 is 19.2 Å². The van der Waals surface area contributed by atoms with E-state index in [0.717, 1.165) is 6.07 Å². The number of nitro benzene ring substituents is 1. The quantitative estimate of drug-likeness (QED) is 0.431. The molecule has 0 heterocycles. The minimum atomic E-state index is -0.646. The Labute approximate surface area is 139 Å². The molecule has 0 aromatic heterocycles. The van der Waals surface area contributed by atoms with Gasteiger partial charge in [-0.25, -0.2) is 0 Å². The van der Waals surface area contributed by atoms with E-state index >= 15 is 0 Å². The third-order valence-corrected chi connectivity index (χ3v) is 3.31. The SMILES string of the molecule is COC(=O)CCN(CC(C)C)C(=O)c1ccc(Cl)cc1[N+](=O)[O-]. The summed E-state index contributed by atoms with van der Waals surface area (Å²) in [4.78, 5) is 35.8. The van der Waals surface area contributed by atoms with E-state index in [1.807, 2.05) is 13.8 Å². The maximum absolute atomic E-state index is 12.6. The molecule has 1 amide bonds. The maximum Gasteiger partial charge on any atom is 0.307 e. The highest BCUT2D eigenvalue weighted by Gasteiger charge is 2.26. The fourth-order valence-electron chi connectivity index (χ4n) is 2.05. The minimum Gasteiger partial charge on any atom is -0.469 e. The van der Waals surface area contributed by atoms with Crippen molar-refractivity contribution in [2.75, 3.05) is 20.2 Å². The molecule has 0 saturated heterocycles. The van der Waals surface area contributed by atoms with E-state index in [4.69, 9.17) is 11.6 Å². The zero-order chi connectivity index (χ0) is 17.6. The number of carbonyl (C=O) groups is 2. The topological polar surface area (TPSA) is 89.8 Å². The molecule has 1 rings (SSSR count). The summed E-state index contributed by atoms with van der Waals surface area (Å²) in [6, 6.07) is 3.90. The van der Waals surface area contributed by atoms with Crippen LogP contribution >= 0.6 is 11.6 Å².